The van der Waals surface area contributed by atoms with Crippen LogP contribution in [-0.4, -0.2) is 17.6 Å². The Bertz CT molecular complexity index is 111. The van der Waals surface area contributed by atoms with Crippen LogP contribution in [0.4, 0.5) is 0 Å². The molecule has 1 aliphatic rings. The molecular formula is C6H13N3. The minimum absolute atomic E-state index is 0.403. The van der Waals surface area contributed by atoms with Crippen molar-refractivity contribution in [1.82, 2.24) is 15.8 Å². The molecule has 0 spiro atoms. The average molecular weight is 127 g/mol. The number of nitrogens with one attached hydrogen (secondary N) is 2. The maximum Gasteiger partial charge on any atom is 0.0932 e. The van der Waals surface area contributed by atoms with Gasteiger partial charge in [-0.05, 0) is 13.8 Å². The Morgan fingerprint density at radius 1 is 1.67 bits per heavy atom. The standard InChI is InChI=1S/C6H13N3/c1-3-9-5-4-7-8-6(9)2/h4-8H,3H2,1-2H3. The summed E-state index contributed by atoms with van der Waals surface area (Å²) in [6, 6.07) is 0. The highest BCUT2D eigenvalue weighted by Crippen LogP contribution is 1.97. The smallest absolute Gasteiger partial charge is 0.0932 e. The first kappa shape index (κ1) is 6.42. The molecule has 0 saturated carbocycles. The van der Waals surface area contributed by atoms with E-state index in [-0.39, 0.29) is 0 Å². The summed E-state index contributed by atoms with van der Waals surface area (Å²) in [4.78, 5) is 2.20. The van der Waals surface area contributed by atoms with Gasteiger partial charge in [-0.15, -0.1) is 0 Å². The predicted molar refractivity (Wildman–Crippen MR) is 37.3 cm³/mol. The molecule has 0 aliphatic carbocycles. The van der Waals surface area contributed by atoms with Crippen molar-refractivity contribution in [1.29, 1.82) is 0 Å². The fourth-order valence-corrected chi connectivity index (χ4v) is 0.893. The zero-order valence-electron chi connectivity index (χ0n) is 5.89. The summed E-state index contributed by atoms with van der Waals surface area (Å²) < 4.78 is 0. The summed E-state index contributed by atoms with van der Waals surface area (Å²) in [7, 11) is 0. The van der Waals surface area contributed by atoms with Gasteiger partial charge in [0.25, 0.3) is 0 Å². The van der Waals surface area contributed by atoms with Crippen molar-refractivity contribution in [3.05, 3.63) is 12.4 Å². The zero-order chi connectivity index (χ0) is 6.69. The Balaban J connectivity index is 2.46. The van der Waals surface area contributed by atoms with Gasteiger partial charge in [0.1, 0.15) is 0 Å². The van der Waals surface area contributed by atoms with Gasteiger partial charge in [-0.25, -0.2) is 5.43 Å². The first-order valence-corrected chi connectivity index (χ1v) is 3.28. The third-order valence-electron chi connectivity index (χ3n) is 1.50. The topological polar surface area (TPSA) is 27.3 Å². The molecule has 0 aromatic heterocycles. The molecule has 9 heavy (non-hydrogen) atoms. The second-order valence-electron chi connectivity index (χ2n) is 2.11. The van der Waals surface area contributed by atoms with Crippen LogP contribution in [0.3, 0.4) is 0 Å². The van der Waals surface area contributed by atoms with Gasteiger partial charge >= 0.3 is 0 Å². The van der Waals surface area contributed by atoms with E-state index < -0.39 is 0 Å². The lowest BCUT2D eigenvalue weighted by Gasteiger charge is -2.30. The number of hydrogen-bond acceptors (Lipinski definition) is 3. The van der Waals surface area contributed by atoms with Crippen LogP contribution >= 0.6 is 0 Å². The highest BCUT2D eigenvalue weighted by Gasteiger charge is 2.07. The Morgan fingerprint density at radius 3 is 2.89 bits per heavy atom. The van der Waals surface area contributed by atoms with Crippen LogP contribution in [0.2, 0.25) is 0 Å². The molecule has 1 heterocycles. The molecule has 0 amide bonds. The Kier molecular flexibility index (Phi) is 1.95. The third kappa shape index (κ3) is 1.36. The lowest BCUT2D eigenvalue weighted by Crippen LogP contribution is -2.49. The molecule has 0 radical (unpaired) electrons. The number of hydrogen-bond donors (Lipinski definition) is 2. The van der Waals surface area contributed by atoms with Gasteiger partial charge in [0.05, 0.1) is 6.17 Å². The lowest BCUT2D eigenvalue weighted by molar-refractivity contribution is 0.228. The fourth-order valence-electron chi connectivity index (χ4n) is 0.893. The normalized spacial score (nSPS) is 26.0. The van der Waals surface area contributed by atoms with E-state index >= 15 is 0 Å². The molecule has 2 N–H and O–H groups in total. The molecule has 0 fully saturated rings. The molecule has 1 unspecified atom stereocenters. The summed E-state index contributed by atoms with van der Waals surface area (Å²) in [6.45, 7) is 5.29. The molecular weight excluding hydrogens is 114 g/mol. The van der Waals surface area contributed by atoms with E-state index in [1.165, 1.54) is 0 Å². The van der Waals surface area contributed by atoms with Gasteiger partial charge in [-0.3, -0.25) is 0 Å². The number of rotatable bonds is 1. The van der Waals surface area contributed by atoms with Gasteiger partial charge in [0, 0.05) is 18.9 Å². The van der Waals surface area contributed by atoms with Gasteiger partial charge in [-0.1, -0.05) is 0 Å². The van der Waals surface area contributed by atoms with Crippen LogP contribution in [0, 0.1) is 0 Å². The van der Waals surface area contributed by atoms with E-state index in [1.807, 2.05) is 12.4 Å². The molecule has 3 nitrogen and oxygen atoms in total. The van der Waals surface area contributed by atoms with Crippen LogP contribution in [0.15, 0.2) is 12.4 Å². The van der Waals surface area contributed by atoms with E-state index in [0.717, 1.165) is 6.54 Å². The molecule has 1 aliphatic heterocycles. The fraction of sp³-hybridized carbons (Fsp3) is 0.667. The number of nitrogens with zero attached hydrogens (tertiary/aromatic N) is 1. The van der Waals surface area contributed by atoms with Gasteiger partial charge in [0.15, 0.2) is 0 Å². The Hall–Kier alpha value is -0.700. The van der Waals surface area contributed by atoms with E-state index in [0.29, 0.717) is 6.17 Å². The molecule has 0 aromatic carbocycles. The van der Waals surface area contributed by atoms with Crippen molar-refractivity contribution in [3.63, 3.8) is 0 Å². The Labute approximate surface area is 55.7 Å². The molecule has 1 atom stereocenters. The highest BCUT2D eigenvalue weighted by molar-refractivity contribution is 4.85. The maximum atomic E-state index is 3.07. The monoisotopic (exact) mass is 127 g/mol. The third-order valence-corrected chi connectivity index (χ3v) is 1.50. The van der Waals surface area contributed by atoms with Gasteiger partial charge in [0.2, 0.25) is 0 Å². The highest BCUT2D eigenvalue weighted by atomic mass is 15.5. The van der Waals surface area contributed by atoms with Crippen molar-refractivity contribution in [2.24, 2.45) is 0 Å². The van der Waals surface area contributed by atoms with Gasteiger partial charge in [-0.2, -0.15) is 0 Å². The lowest BCUT2D eigenvalue weighted by atomic mass is 10.4. The predicted octanol–water partition coefficient (Wildman–Crippen LogP) is 0.233. The van der Waals surface area contributed by atoms with E-state index in [2.05, 4.69) is 29.6 Å². The summed E-state index contributed by atoms with van der Waals surface area (Å²) in [5.41, 5.74) is 6.00. The van der Waals surface area contributed by atoms with E-state index in [9.17, 15) is 0 Å². The first-order chi connectivity index (χ1) is 4.34. The van der Waals surface area contributed by atoms with Crippen molar-refractivity contribution >= 4 is 0 Å². The van der Waals surface area contributed by atoms with Crippen LogP contribution in [0.25, 0.3) is 0 Å². The molecule has 0 saturated heterocycles. The van der Waals surface area contributed by atoms with Crippen molar-refractivity contribution in [2.45, 2.75) is 20.0 Å². The second kappa shape index (κ2) is 2.73. The maximum absolute atomic E-state index is 3.07. The largest absolute Gasteiger partial charge is 0.360 e. The Morgan fingerprint density at radius 2 is 2.44 bits per heavy atom. The minimum atomic E-state index is 0.403. The van der Waals surface area contributed by atoms with Crippen molar-refractivity contribution < 1.29 is 0 Å². The summed E-state index contributed by atoms with van der Waals surface area (Å²) in [5, 5.41) is 0. The molecule has 52 valence electrons. The van der Waals surface area contributed by atoms with Crippen LogP contribution in [0.5, 0.6) is 0 Å². The number of hydrazine groups is 1. The summed E-state index contributed by atoms with van der Waals surface area (Å²) in [5.74, 6) is 0. The quantitative estimate of drug-likeness (QED) is 0.528. The van der Waals surface area contributed by atoms with Crippen LogP contribution in [0.1, 0.15) is 13.8 Å². The van der Waals surface area contributed by atoms with E-state index in [1.54, 1.807) is 0 Å². The second-order valence-corrected chi connectivity index (χ2v) is 2.11. The van der Waals surface area contributed by atoms with E-state index in [4.69, 9.17) is 0 Å². The molecule has 0 aromatic rings. The summed E-state index contributed by atoms with van der Waals surface area (Å²) >= 11 is 0. The molecule has 1 rings (SSSR count). The molecule has 3 heteroatoms. The van der Waals surface area contributed by atoms with Crippen LogP contribution < -0.4 is 10.9 Å². The summed E-state index contributed by atoms with van der Waals surface area (Å²) in [6.07, 6.45) is 4.34. The SMILES string of the molecule is CCN1C=CNNC1C. The minimum Gasteiger partial charge on any atom is -0.360 e. The average Bonchev–Trinajstić information content (AvgIpc) is 1.89. The molecule has 0 bridgehead atoms. The van der Waals surface area contributed by atoms with Crippen LogP contribution in [-0.2, 0) is 0 Å². The first-order valence-electron chi connectivity index (χ1n) is 3.28. The van der Waals surface area contributed by atoms with Crippen molar-refractivity contribution in [3.8, 4) is 0 Å². The van der Waals surface area contributed by atoms with Crippen molar-refractivity contribution in [2.75, 3.05) is 6.54 Å². The van der Waals surface area contributed by atoms with Gasteiger partial charge < -0.3 is 10.3 Å². The zero-order valence-corrected chi connectivity index (χ0v) is 5.89.